The maximum absolute atomic E-state index is 6.77. The molecular weight excluding hydrogens is 789 g/mol. The van der Waals surface area contributed by atoms with Crippen LogP contribution in [0, 0.1) is 0 Å². The van der Waals surface area contributed by atoms with E-state index in [2.05, 4.69) is 246 Å². The van der Waals surface area contributed by atoms with Crippen LogP contribution in [-0.2, 0) is 0 Å². The molecule has 0 saturated heterocycles. The molecule has 0 N–H and O–H groups in total. The molecule has 13 aromatic rings. The van der Waals surface area contributed by atoms with Gasteiger partial charge in [-0.2, -0.15) is 0 Å². The highest BCUT2D eigenvalue weighted by atomic mass is 16.3. The maximum atomic E-state index is 6.77. The Morgan fingerprint density at radius 3 is 1.42 bits per heavy atom. The van der Waals surface area contributed by atoms with Crippen LogP contribution in [0.25, 0.3) is 104 Å². The predicted octanol–water partition coefficient (Wildman–Crippen LogP) is 17.5. The molecule has 0 radical (unpaired) electrons. The van der Waals surface area contributed by atoms with E-state index < -0.39 is 0 Å². The number of hydrogen-bond donors (Lipinski definition) is 0. The van der Waals surface area contributed by atoms with Gasteiger partial charge in [0.25, 0.3) is 0 Å². The minimum Gasteiger partial charge on any atom is -0.455 e. The van der Waals surface area contributed by atoms with Crippen LogP contribution in [-0.4, -0.2) is 4.57 Å². The zero-order valence-corrected chi connectivity index (χ0v) is 35.4. The van der Waals surface area contributed by atoms with Gasteiger partial charge in [0.05, 0.1) is 33.8 Å². The van der Waals surface area contributed by atoms with Gasteiger partial charge in [0.1, 0.15) is 11.2 Å². The van der Waals surface area contributed by atoms with Crippen molar-refractivity contribution in [2.75, 3.05) is 4.90 Å². The number of rotatable bonds is 7. The molecule has 0 aliphatic carbocycles. The van der Waals surface area contributed by atoms with Gasteiger partial charge in [-0.1, -0.05) is 194 Å². The van der Waals surface area contributed by atoms with Crippen LogP contribution >= 0.6 is 0 Å². The minimum absolute atomic E-state index is 0.875. The summed E-state index contributed by atoms with van der Waals surface area (Å²) in [5.41, 5.74) is 15.1. The molecule has 0 unspecified atom stereocenters. The first-order valence-corrected chi connectivity index (χ1v) is 22.3. The number of fused-ring (bicyclic) bond motifs is 9. The van der Waals surface area contributed by atoms with Crippen LogP contribution in [0.5, 0.6) is 0 Å². The van der Waals surface area contributed by atoms with Crippen molar-refractivity contribution in [3.63, 3.8) is 0 Å². The second kappa shape index (κ2) is 15.0. The summed E-state index contributed by atoms with van der Waals surface area (Å²) in [4.78, 5) is 2.49. The number of hydrogen-bond acceptors (Lipinski definition) is 2. The van der Waals surface area contributed by atoms with Gasteiger partial charge in [0, 0.05) is 49.4 Å². The van der Waals surface area contributed by atoms with Crippen LogP contribution in [0.1, 0.15) is 0 Å². The fourth-order valence-corrected chi connectivity index (χ4v) is 10.4. The van der Waals surface area contributed by atoms with Crippen molar-refractivity contribution in [1.82, 2.24) is 4.57 Å². The van der Waals surface area contributed by atoms with Crippen molar-refractivity contribution in [1.29, 1.82) is 0 Å². The third-order valence-electron chi connectivity index (χ3n) is 13.2. The van der Waals surface area contributed by atoms with Crippen molar-refractivity contribution in [2.45, 2.75) is 0 Å². The lowest BCUT2D eigenvalue weighted by molar-refractivity contribution is 0.670. The third-order valence-corrected chi connectivity index (χ3v) is 13.2. The molecule has 2 aromatic heterocycles. The summed E-state index contributed by atoms with van der Waals surface area (Å²) in [6.07, 6.45) is 0. The lowest BCUT2D eigenvalue weighted by atomic mass is 9.91. The summed E-state index contributed by atoms with van der Waals surface area (Å²) >= 11 is 0. The molecule has 0 bridgehead atoms. The molecule has 3 heteroatoms. The summed E-state index contributed by atoms with van der Waals surface area (Å²) in [7, 11) is 0. The smallest absolute Gasteiger partial charge is 0.143 e. The molecule has 0 fully saturated rings. The van der Waals surface area contributed by atoms with E-state index >= 15 is 0 Å². The highest BCUT2D eigenvalue weighted by molar-refractivity contribution is 6.16. The number of aromatic nitrogens is 1. The molecule has 3 nitrogen and oxygen atoms in total. The SMILES string of the molecule is c1ccc(N(c2ccccc2-c2cc3ccccc3c3ccccc23)c2ccccc2-c2cccc3c2oc2ccccc23)c(-c2ccccc2-n2c3ccccc3c3ccccc32)c1. The maximum Gasteiger partial charge on any atom is 0.143 e. The first-order valence-electron chi connectivity index (χ1n) is 22.3. The lowest BCUT2D eigenvalue weighted by Crippen LogP contribution is -2.14. The van der Waals surface area contributed by atoms with E-state index in [1.807, 2.05) is 6.07 Å². The molecule has 304 valence electrons. The molecular formula is C62H40N2O. The molecule has 0 amide bonds. The lowest BCUT2D eigenvalue weighted by Gasteiger charge is -2.32. The Morgan fingerprint density at radius 2 is 0.738 bits per heavy atom. The summed E-state index contributed by atoms with van der Waals surface area (Å²) < 4.78 is 9.20. The summed E-state index contributed by atoms with van der Waals surface area (Å²) in [5.74, 6) is 0. The highest BCUT2D eigenvalue weighted by Gasteiger charge is 2.26. The van der Waals surface area contributed by atoms with Gasteiger partial charge in [0.2, 0.25) is 0 Å². The van der Waals surface area contributed by atoms with Gasteiger partial charge < -0.3 is 13.9 Å². The molecule has 0 saturated carbocycles. The Kier molecular flexibility index (Phi) is 8.53. The summed E-state index contributed by atoms with van der Waals surface area (Å²) in [5, 5.41) is 9.58. The van der Waals surface area contributed by atoms with Gasteiger partial charge in [-0.05, 0) is 75.6 Å². The average Bonchev–Trinajstić information content (AvgIpc) is 3.93. The van der Waals surface area contributed by atoms with E-state index in [1.54, 1.807) is 0 Å². The molecule has 11 aromatic carbocycles. The van der Waals surface area contributed by atoms with E-state index in [9.17, 15) is 0 Å². The molecule has 0 atom stereocenters. The largest absolute Gasteiger partial charge is 0.455 e. The van der Waals surface area contributed by atoms with Crippen molar-refractivity contribution < 1.29 is 4.42 Å². The number of furan rings is 1. The topological polar surface area (TPSA) is 21.3 Å². The minimum atomic E-state index is 0.875. The number of nitrogens with zero attached hydrogens (tertiary/aromatic N) is 2. The van der Waals surface area contributed by atoms with E-state index in [1.165, 1.54) is 48.9 Å². The molecule has 0 spiro atoms. The van der Waals surface area contributed by atoms with Gasteiger partial charge in [-0.25, -0.2) is 0 Å². The van der Waals surface area contributed by atoms with Crippen LogP contribution in [0.2, 0.25) is 0 Å². The fraction of sp³-hybridized carbons (Fsp3) is 0. The molecule has 0 aliphatic heterocycles. The zero-order chi connectivity index (χ0) is 42.8. The van der Waals surface area contributed by atoms with Crippen molar-refractivity contribution in [2.24, 2.45) is 0 Å². The van der Waals surface area contributed by atoms with E-state index in [0.29, 0.717) is 0 Å². The molecule has 65 heavy (non-hydrogen) atoms. The molecule has 13 rings (SSSR count). The fourth-order valence-electron chi connectivity index (χ4n) is 10.4. The van der Waals surface area contributed by atoms with Gasteiger partial charge in [-0.3, -0.25) is 0 Å². The van der Waals surface area contributed by atoms with Crippen molar-refractivity contribution >= 4 is 82.4 Å². The van der Waals surface area contributed by atoms with E-state index in [4.69, 9.17) is 4.42 Å². The van der Waals surface area contributed by atoms with Crippen LogP contribution in [0.15, 0.2) is 247 Å². The van der Waals surface area contributed by atoms with Crippen molar-refractivity contribution in [3.05, 3.63) is 243 Å². The van der Waals surface area contributed by atoms with Gasteiger partial charge in [-0.15, -0.1) is 0 Å². The van der Waals surface area contributed by atoms with Crippen LogP contribution in [0.4, 0.5) is 17.1 Å². The summed E-state index contributed by atoms with van der Waals surface area (Å²) in [6.45, 7) is 0. The second-order valence-electron chi connectivity index (χ2n) is 16.7. The standard InChI is InChI=1S/C62H40N2O/c1-2-21-42-41(20-1)40-54(44-23-4-3-22-43(42)44)50-29-10-17-38-60(50)64(59-37-16-9-28-49(59)52-31-19-32-53-51-30-11-18-39-61(51)65-62(52)53)58-36-15-8-27-48(58)47-26-7-14-35-57(47)63-55-33-12-5-24-45(55)46-25-6-13-34-56(46)63/h1-40H. The Balaban J connectivity index is 1.12. The van der Waals surface area contributed by atoms with Gasteiger partial charge in [0.15, 0.2) is 0 Å². The second-order valence-corrected chi connectivity index (χ2v) is 16.7. The first-order chi connectivity index (χ1) is 32.3. The zero-order valence-electron chi connectivity index (χ0n) is 35.4. The Bertz CT molecular complexity index is 3930. The predicted molar refractivity (Wildman–Crippen MR) is 274 cm³/mol. The quantitative estimate of drug-likeness (QED) is 0.149. The number of anilines is 3. The van der Waals surface area contributed by atoms with Crippen LogP contribution in [0.3, 0.4) is 0 Å². The number of para-hydroxylation sites is 8. The molecule has 2 heterocycles. The molecule has 0 aliphatic rings. The third kappa shape index (κ3) is 5.83. The highest BCUT2D eigenvalue weighted by Crippen LogP contribution is 2.51. The van der Waals surface area contributed by atoms with E-state index in [0.717, 1.165) is 72.5 Å². The first kappa shape index (κ1) is 36.9. The monoisotopic (exact) mass is 828 g/mol. The number of benzene rings is 11. The van der Waals surface area contributed by atoms with E-state index in [-0.39, 0.29) is 0 Å². The van der Waals surface area contributed by atoms with Crippen LogP contribution < -0.4 is 4.90 Å². The van der Waals surface area contributed by atoms with Crippen molar-refractivity contribution in [3.8, 4) is 39.1 Å². The average molecular weight is 829 g/mol. The Hall–Kier alpha value is -8.66. The Labute approximate surface area is 376 Å². The summed E-state index contributed by atoms with van der Waals surface area (Å²) in [6, 6.07) is 87.8. The Morgan fingerprint density at radius 1 is 0.292 bits per heavy atom. The van der Waals surface area contributed by atoms with Gasteiger partial charge >= 0.3 is 0 Å². The normalized spacial score (nSPS) is 11.7.